The quantitative estimate of drug-likeness (QED) is 0.474. The van der Waals surface area contributed by atoms with Crippen molar-refractivity contribution < 1.29 is 19.7 Å². The summed E-state index contributed by atoms with van der Waals surface area (Å²) < 4.78 is 6.53. The molecular formula is C16H21N3O6. The topological polar surface area (TPSA) is 134 Å². The molecule has 1 aliphatic heterocycles. The van der Waals surface area contributed by atoms with Crippen molar-refractivity contribution in [3.05, 3.63) is 32.6 Å². The van der Waals surface area contributed by atoms with E-state index >= 15 is 0 Å². The Morgan fingerprint density at radius 2 is 2.28 bits per heavy atom. The van der Waals surface area contributed by atoms with Crippen molar-refractivity contribution in [2.75, 3.05) is 13.2 Å². The molecule has 2 rings (SSSR count). The van der Waals surface area contributed by atoms with Crippen LogP contribution in [0.25, 0.3) is 0 Å². The van der Waals surface area contributed by atoms with Crippen LogP contribution < -0.4 is 16.6 Å². The lowest BCUT2D eigenvalue weighted by atomic mass is 10.2. The fraction of sp³-hybridized carbons (Fsp3) is 0.562. The van der Waals surface area contributed by atoms with Crippen LogP contribution in [0.3, 0.4) is 0 Å². The van der Waals surface area contributed by atoms with Crippen LogP contribution in [0.4, 0.5) is 0 Å². The molecular weight excluding hydrogens is 330 g/mol. The molecule has 0 bridgehead atoms. The first kappa shape index (κ1) is 18.9. The third-order valence-electron chi connectivity index (χ3n) is 3.74. The van der Waals surface area contributed by atoms with Crippen molar-refractivity contribution in [1.82, 2.24) is 14.9 Å². The number of H-pyrrole nitrogens is 1. The summed E-state index contributed by atoms with van der Waals surface area (Å²) in [5.74, 6) is 5.13. The Hall–Kier alpha value is -2.41. The highest BCUT2D eigenvalue weighted by molar-refractivity contribution is 5.76. The zero-order valence-corrected chi connectivity index (χ0v) is 13.8. The molecule has 9 heteroatoms. The molecule has 1 saturated heterocycles. The molecule has 3 atom stereocenters. The van der Waals surface area contributed by atoms with E-state index in [0.29, 0.717) is 6.42 Å². The van der Waals surface area contributed by atoms with Gasteiger partial charge in [0, 0.05) is 19.0 Å². The molecule has 0 spiro atoms. The van der Waals surface area contributed by atoms with Gasteiger partial charge in [0.2, 0.25) is 5.91 Å². The molecule has 1 aromatic heterocycles. The SMILES string of the molecule is CCCC(=O)NCC#Cc1cn(C2CC(O)C(CO)O2)c(=O)[nH]c1=O. The number of aromatic nitrogens is 2. The van der Waals surface area contributed by atoms with Crippen LogP contribution in [-0.4, -0.2) is 51.0 Å². The number of hydrogen-bond donors (Lipinski definition) is 4. The second kappa shape index (κ2) is 8.62. The minimum absolute atomic E-state index is 0.0369. The highest BCUT2D eigenvalue weighted by Crippen LogP contribution is 2.27. The number of amides is 1. The Kier molecular flexibility index (Phi) is 6.52. The van der Waals surface area contributed by atoms with Crippen LogP contribution >= 0.6 is 0 Å². The van der Waals surface area contributed by atoms with E-state index < -0.39 is 29.7 Å². The number of carbonyl (C=O) groups excluding carboxylic acids is 1. The molecule has 0 saturated carbocycles. The van der Waals surface area contributed by atoms with Gasteiger partial charge in [0.05, 0.1) is 19.3 Å². The molecule has 1 aliphatic rings. The van der Waals surface area contributed by atoms with Crippen molar-refractivity contribution >= 4 is 5.91 Å². The maximum absolute atomic E-state index is 12.0. The van der Waals surface area contributed by atoms with Gasteiger partial charge in [0.25, 0.3) is 5.56 Å². The smallest absolute Gasteiger partial charge is 0.330 e. The van der Waals surface area contributed by atoms with E-state index in [1.165, 1.54) is 6.20 Å². The van der Waals surface area contributed by atoms with E-state index in [2.05, 4.69) is 22.1 Å². The number of ether oxygens (including phenoxy) is 1. The summed E-state index contributed by atoms with van der Waals surface area (Å²) in [5, 5.41) is 21.5. The monoisotopic (exact) mass is 351 g/mol. The second-order valence-corrected chi connectivity index (χ2v) is 5.65. The van der Waals surface area contributed by atoms with Crippen LogP contribution in [-0.2, 0) is 9.53 Å². The number of hydrogen-bond acceptors (Lipinski definition) is 6. The van der Waals surface area contributed by atoms with Gasteiger partial charge in [-0.15, -0.1) is 0 Å². The largest absolute Gasteiger partial charge is 0.394 e. The van der Waals surface area contributed by atoms with E-state index in [1.807, 2.05) is 6.92 Å². The summed E-state index contributed by atoms with van der Waals surface area (Å²) >= 11 is 0. The maximum Gasteiger partial charge on any atom is 0.330 e. The van der Waals surface area contributed by atoms with Crippen LogP contribution in [0.2, 0.25) is 0 Å². The number of aromatic amines is 1. The van der Waals surface area contributed by atoms with Crippen molar-refractivity contribution in [2.45, 2.75) is 44.6 Å². The number of carbonyl (C=O) groups is 1. The Balaban J connectivity index is 2.15. The van der Waals surface area contributed by atoms with Crippen molar-refractivity contribution in [2.24, 2.45) is 0 Å². The number of nitrogens with zero attached hydrogens (tertiary/aromatic N) is 1. The van der Waals surface area contributed by atoms with Crippen molar-refractivity contribution in [1.29, 1.82) is 0 Å². The van der Waals surface area contributed by atoms with Crippen LogP contribution in [0.5, 0.6) is 0 Å². The molecule has 0 radical (unpaired) electrons. The lowest BCUT2D eigenvalue weighted by Gasteiger charge is -2.14. The van der Waals surface area contributed by atoms with E-state index in [-0.39, 0.29) is 31.0 Å². The Bertz CT molecular complexity index is 788. The summed E-state index contributed by atoms with van der Waals surface area (Å²) in [5.41, 5.74) is -1.30. The molecule has 136 valence electrons. The Labute approximate surface area is 143 Å². The van der Waals surface area contributed by atoms with Gasteiger partial charge in [0.1, 0.15) is 17.9 Å². The van der Waals surface area contributed by atoms with E-state index in [0.717, 1.165) is 11.0 Å². The third kappa shape index (κ3) is 4.79. The molecule has 0 aliphatic carbocycles. The Morgan fingerprint density at radius 3 is 2.92 bits per heavy atom. The van der Waals surface area contributed by atoms with Gasteiger partial charge < -0.3 is 20.3 Å². The average molecular weight is 351 g/mol. The Morgan fingerprint density at radius 1 is 1.52 bits per heavy atom. The van der Waals surface area contributed by atoms with Crippen LogP contribution in [0.15, 0.2) is 15.8 Å². The fourth-order valence-corrected chi connectivity index (χ4v) is 2.44. The molecule has 1 fully saturated rings. The molecule has 1 aromatic rings. The first-order chi connectivity index (χ1) is 12.0. The van der Waals surface area contributed by atoms with Gasteiger partial charge in [0.15, 0.2) is 0 Å². The first-order valence-electron chi connectivity index (χ1n) is 8.01. The summed E-state index contributed by atoms with van der Waals surface area (Å²) in [6, 6.07) is 0. The highest BCUT2D eigenvalue weighted by atomic mass is 16.5. The third-order valence-corrected chi connectivity index (χ3v) is 3.74. The van der Waals surface area contributed by atoms with Crippen LogP contribution in [0, 0.1) is 11.8 Å². The number of rotatable bonds is 5. The molecule has 0 aromatic carbocycles. The zero-order valence-electron chi connectivity index (χ0n) is 13.8. The standard InChI is InChI=1S/C16H21N3O6/c1-2-4-13(22)17-6-3-5-10-8-19(16(24)18-15(10)23)14-7-11(21)12(9-20)25-14/h8,11-12,14,20-21H,2,4,6-7,9H2,1H3,(H,17,22)(H,18,23,24). The van der Waals surface area contributed by atoms with E-state index in [9.17, 15) is 19.5 Å². The number of aliphatic hydroxyl groups is 2. The van der Waals surface area contributed by atoms with Gasteiger partial charge in [-0.05, 0) is 6.42 Å². The predicted octanol–water partition coefficient (Wildman–Crippen LogP) is -1.55. The lowest BCUT2D eigenvalue weighted by Crippen LogP contribution is -2.33. The molecule has 4 N–H and O–H groups in total. The minimum atomic E-state index is -0.905. The fourth-order valence-electron chi connectivity index (χ4n) is 2.44. The average Bonchev–Trinajstić information content (AvgIpc) is 2.94. The summed E-state index contributed by atoms with van der Waals surface area (Å²) in [4.78, 5) is 37.3. The number of nitrogens with one attached hydrogen (secondary N) is 2. The van der Waals surface area contributed by atoms with Gasteiger partial charge >= 0.3 is 5.69 Å². The number of aliphatic hydroxyl groups excluding tert-OH is 2. The van der Waals surface area contributed by atoms with Gasteiger partial charge in [-0.1, -0.05) is 18.8 Å². The van der Waals surface area contributed by atoms with Gasteiger partial charge in [-0.2, -0.15) is 0 Å². The van der Waals surface area contributed by atoms with Gasteiger partial charge in [-0.3, -0.25) is 19.1 Å². The first-order valence-corrected chi connectivity index (χ1v) is 8.01. The molecule has 9 nitrogen and oxygen atoms in total. The van der Waals surface area contributed by atoms with Crippen molar-refractivity contribution in [3.8, 4) is 11.8 Å². The predicted molar refractivity (Wildman–Crippen MR) is 87.7 cm³/mol. The zero-order chi connectivity index (χ0) is 18.4. The molecule has 1 amide bonds. The maximum atomic E-state index is 12.0. The van der Waals surface area contributed by atoms with Gasteiger partial charge in [-0.25, -0.2) is 4.79 Å². The summed E-state index contributed by atoms with van der Waals surface area (Å²) in [7, 11) is 0. The molecule has 2 heterocycles. The second-order valence-electron chi connectivity index (χ2n) is 5.65. The molecule has 25 heavy (non-hydrogen) atoms. The van der Waals surface area contributed by atoms with E-state index in [1.54, 1.807) is 0 Å². The van der Waals surface area contributed by atoms with Crippen LogP contribution in [0.1, 0.15) is 38.0 Å². The normalized spacial score (nSPS) is 22.3. The molecule has 3 unspecified atom stereocenters. The minimum Gasteiger partial charge on any atom is -0.394 e. The highest BCUT2D eigenvalue weighted by Gasteiger charge is 2.35. The summed E-state index contributed by atoms with van der Waals surface area (Å²) in [6.45, 7) is 1.60. The lowest BCUT2D eigenvalue weighted by molar-refractivity contribution is -0.120. The van der Waals surface area contributed by atoms with Crippen molar-refractivity contribution in [3.63, 3.8) is 0 Å². The summed E-state index contributed by atoms with van der Waals surface area (Å²) in [6.07, 6.45) is -0.00597. The van der Waals surface area contributed by atoms with E-state index in [4.69, 9.17) is 9.84 Å².